The highest BCUT2D eigenvalue weighted by Crippen LogP contribution is 2.27. The topological polar surface area (TPSA) is 105 Å². The van der Waals surface area contributed by atoms with Crippen LogP contribution in [0.3, 0.4) is 0 Å². The number of para-hydroxylation sites is 1. The Morgan fingerprint density at radius 1 is 0.971 bits per heavy atom. The molecule has 34 heavy (non-hydrogen) atoms. The number of carboxylic acid groups (broad SMARTS) is 1. The molecule has 3 N–H and O–H groups in total. The van der Waals surface area contributed by atoms with Crippen LogP contribution in [0.1, 0.15) is 16.8 Å². The highest BCUT2D eigenvalue weighted by atomic mass is 35.5. The Balaban J connectivity index is 1.49. The van der Waals surface area contributed by atoms with Crippen molar-refractivity contribution < 1.29 is 28.6 Å². The van der Waals surface area contributed by atoms with E-state index in [0.29, 0.717) is 21.2 Å². The minimum absolute atomic E-state index is 0.0279. The molecule has 0 fully saturated rings. The molecule has 0 heterocycles. The van der Waals surface area contributed by atoms with Crippen molar-refractivity contribution >= 4 is 52.7 Å². The molecule has 0 aromatic heterocycles. The molecule has 0 radical (unpaired) electrons. The number of amides is 2. The Hall–Kier alpha value is -3.56. The van der Waals surface area contributed by atoms with Gasteiger partial charge in [-0.1, -0.05) is 23.7 Å². The van der Waals surface area contributed by atoms with Gasteiger partial charge in [-0.25, -0.2) is 9.18 Å². The van der Waals surface area contributed by atoms with Gasteiger partial charge >= 0.3 is 12.1 Å². The first kappa shape index (κ1) is 25.1. The van der Waals surface area contributed by atoms with Crippen molar-refractivity contribution in [1.82, 2.24) is 0 Å². The second-order valence-electron chi connectivity index (χ2n) is 6.96. The van der Waals surface area contributed by atoms with Crippen LogP contribution in [0.25, 0.3) is 0 Å². The first-order valence-electron chi connectivity index (χ1n) is 10.1. The Bertz CT molecular complexity index is 1160. The highest BCUT2D eigenvalue weighted by molar-refractivity contribution is 8.00. The summed E-state index contributed by atoms with van der Waals surface area (Å²) in [4.78, 5) is 36.4. The van der Waals surface area contributed by atoms with Gasteiger partial charge in [0, 0.05) is 27.6 Å². The molecule has 7 nitrogen and oxygen atoms in total. The number of benzene rings is 3. The normalized spacial score (nSPS) is 11.4. The van der Waals surface area contributed by atoms with Crippen LogP contribution in [0.2, 0.25) is 5.02 Å². The van der Waals surface area contributed by atoms with Crippen molar-refractivity contribution in [3.8, 4) is 0 Å². The van der Waals surface area contributed by atoms with Gasteiger partial charge in [0.25, 0.3) is 5.91 Å². The number of anilines is 2. The fourth-order valence-electron chi connectivity index (χ4n) is 2.79. The second kappa shape index (κ2) is 12.1. The number of thioether (sulfide) groups is 1. The molecule has 2 amide bonds. The summed E-state index contributed by atoms with van der Waals surface area (Å²) >= 11 is 6.91. The number of carbonyl (C=O) groups excluding carboxylic acids is 2. The lowest BCUT2D eigenvalue weighted by atomic mass is 10.2. The van der Waals surface area contributed by atoms with Crippen LogP contribution in [0.4, 0.5) is 20.6 Å². The highest BCUT2D eigenvalue weighted by Gasteiger charge is 2.20. The molecule has 0 spiro atoms. The SMILES string of the molecule is O=C(Nc1ccccc1F)OCCC(Sc1ccc(NC(=O)c2ccc(Cl)cc2)cc1)C(=O)O. The Kier molecular flexibility index (Phi) is 8.89. The van der Waals surface area contributed by atoms with E-state index >= 15 is 0 Å². The maximum absolute atomic E-state index is 13.6. The van der Waals surface area contributed by atoms with E-state index in [4.69, 9.17) is 16.3 Å². The van der Waals surface area contributed by atoms with Crippen molar-refractivity contribution in [1.29, 1.82) is 0 Å². The fourth-order valence-corrected chi connectivity index (χ4v) is 3.85. The van der Waals surface area contributed by atoms with E-state index in [1.54, 1.807) is 54.6 Å². The van der Waals surface area contributed by atoms with Crippen molar-refractivity contribution in [3.05, 3.63) is 89.2 Å². The molecule has 10 heteroatoms. The third-order valence-corrected chi connectivity index (χ3v) is 6.01. The van der Waals surface area contributed by atoms with Gasteiger partial charge in [0.2, 0.25) is 0 Å². The first-order valence-corrected chi connectivity index (χ1v) is 11.3. The van der Waals surface area contributed by atoms with Gasteiger partial charge in [0.1, 0.15) is 11.1 Å². The van der Waals surface area contributed by atoms with Crippen LogP contribution >= 0.6 is 23.4 Å². The average molecular weight is 503 g/mol. The van der Waals surface area contributed by atoms with Gasteiger partial charge in [-0.3, -0.25) is 14.9 Å². The number of rotatable bonds is 9. The fraction of sp³-hybridized carbons (Fsp3) is 0.125. The largest absolute Gasteiger partial charge is 0.480 e. The minimum Gasteiger partial charge on any atom is -0.480 e. The van der Waals surface area contributed by atoms with Crippen molar-refractivity contribution in [2.45, 2.75) is 16.6 Å². The van der Waals surface area contributed by atoms with Crippen LogP contribution in [-0.2, 0) is 9.53 Å². The summed E-state index contributed by atoms with van der Waals surface area (Å²) in [6, 6.07) is 18.8. The molecule has 176 valence electrons. The van der Waals surface area contributed by atoms with Gasteiger partial charge in [0.15, 0.2) is 0 Å². The van der Waals surface area contributed by atoms with Crippen molar-refractivity contribution in [3.63, 3.8) is 0 Å². The Morgan fingerprint density at radius 2 is 1.65 bits per heavy atom. The Labute approximate surface area is 204 Å². The summed E-state index contributed by atoms with van der Waals surface area (Å²) < 4.78 is 18.6. The van der Waals surface area contributed by atoms with Gasteiger partial charge in [0.05, 0.1) is 12.3 Å². The van der Waals surface area contributed by atoms with E-state index in [0.717, 1.165) is 11.8 Å². The molecule has 0 bridgehead atoms. The third-order valence-electron chi connectivity index (χ3n) is 4.50. The molecule has 3 rings (SSSR count). The summed E-state index contributed by atoms with van der Waals surface area (Å²) in [5.41, 5.74) is 0.969. The van der Waals surface area contributed by atoms with Gasteiger partial charge in [-0.2, -0.15) is 0 Å². The second-order valence-corrected chi connectivity index (χ2v) is 8.67. The molecular formula is C24H20ClFN2O5S. The summed E-state index contributed by atoms with van der Waals surface area (Å²) in [7, 11) is 0. The minimum atomic E-state index is -1.07. The lowest BCUT2D eigenvalue weighted by molar-refractivity contribution is -0.136. The number of ether oxygens (including phenoxy) is 1. The van der Waals surface area contributed by atoms with Gasteiger partial charge < -0.3 is 15.2 Å². The number of halogens is 2. The predicted molar refractivity (Wildman–Crippen MR) is 129 cm³/mol. The molecule has 0 aliphatic rings. The lowest BCUT2D eigenvalue weighted by Gasteiger charge is -2.13. The molecule has 3 aromatic rings. The number of aliphatic carboxylic acids is 1. The summed E-state index contributed by atoms with van der Waals surface area (Å²) in [6.45, 7) is -0.167. The zero-order valence-corrected chi connectivity index (χ0v) is 19.2. The molecule has 0 saturated carbocycles. The summed E-state index contributed by atoms with van der Waals surface area (Å²) in [5, 5.41) is 14.2. The Morgan fingerprint density at radius 3 is 2.29 bits per heavy atom. The van der Waals surface area contributed by atoms with Gasteiger partial charge in [-0.15, -0.1) is 11.8 Å². The van der Waals surface area contributed by atoms with Crippen LogP contribution in [0.5, 0.6) is 0 Å². The summed E-state index contributed by atoms with van der Waals surface area (Å²) in [6.07, 6.45) is -0.834. The van der Waals surface area contributed by atoms with Crippen molar-refractivity contribution in [2.24, 2.45) is 0 Å². The molecule has 0 aliphatic heterocycles. The molecular weight excluding hydrogens is 483 g/mol. The van der Waals surface area contributed by atoms with E-state index in [1.165, 1.54) is 18.2 Å². The molecule has 3 aromatic carbocycles. The number of hydrogen-bond donors (Lipinski definition) is 3. The van der Waals surface area contributed by atoms with Crippen molar-refractivity contribution in [2.75, 3.05) is 17.2 Å². The smallest absolute Gasteiger partial charge is 0.411 e. The summed E-state index contributed by atoms with van der Waals surface area (Å²) in [5.74, 6) is -1.97. The zero-order valence-electron chi connectivity index (χ0n) is 17.7. The van der Waals surface area contributed by atoms with Gasteiger partial charge in [-0.05, 0) is 60.7 Å². The molecule has 1 atom stereocenters. The molecule has 0 aliphatic carbocycles. The third kappa shape index (κ3) is 7.50. The number of hydrogen-bond acceptors (Lipinski definition) is 5. The number of nitrogens with one attached hydrogen (secondary N) is 2. The standard InChI is InChI=1S/C24H20ClFN2O5S/c25-16-7-5-15(6-8-16)22(29)27-17-9-11-18(12-10-17)34-21(23(30)31)13-14-33-24(32)28-20-4-2-1-3-19(20)26/h1-12,21H,13-14H2,(H,27,29)(H,28,32)(H,30,31). The average Bonchev–Trinajstić information content (AvgIpc) is 2.81. The monoisotopic (exact) mass is 502 g/mol. The number of carboxylic acids is 1. The predicted octanol–water partition coefficient (Wildman–Crippen LogP) is 5.92. The van der Waals surface area contributed by atoms with E-state index in [-0.39, 0.29) is 24.6 Å². The van der Waals surface area contributed by atoms with Crippen LogP contribution in [-0.4, -0.2) is 34.9 Å². The maximum Gasteiger partial charge on any atom is 0.411 e. The van der Waals surface area contributed by atoms with Crippen LogP contribution < -0.4 is 10.6 Å². The van der Waals surface area contributed by atoms with Crippen LogP contribution in [0.15, 0.2) is 77.7 Å². The first-order chi connectivity index (χ1) is 16.3. The van der Waals surface area contributed by atoms with E-state index < -0.39 is 23.1 Å². The van der Waals surface area contributed by atoms with E-state index in [2.05, 4.69) is 10.6 Å². The van der Waals surface area contributed by atoms with Crippen LogP contribution in [0, 0.1) is 5.82 Å². The molecule has 1 unspecified atom stereocenters. The lowest BCUT2D eigenvalue weighted by Crippen LogP contribution is -2.21. The van der Waals surface area contributed by atoms with E-state index in [1.807, 2.05) is 0 Å². The quantitative estimate of drug-likeness (QED) is 0.314. The maximum atomic E-state index is 13.6. The van der Waals surface area contributed by atoms with E-state index in [9.17, 15) is 23.9 Å². The number of carbonyl (C=O) groups is 3. The zero-order chi connectivity index (χ0) is 24.5. The molecule has 0 saturated heterocycles.